The fourth-order valence-corrected chi connectivity index (χ4v) is 3.34. The highest BCUT2D eigenvalue weighted by Gasteiger charge is 2.40. The van der Waals surface area contributed by atoms with Crippen molar-refractivity contribution in [3.05, 3.63) is 0 Å². The van der Waals surface area contributed by atoms with E-state index >= 15 is 0 Å². The third kappa shape index (κ3) is 8.51. The lowest BCUT2D eigenvalue weighted by Gasteiger charge is -2.15. The number of aliphatic hydroxyl groups is 2. The van der Waals surface area contributed by atoms with Gasteiger partial charge in [-0.05, 0) is 25.7 Å². The first-order valence-electron chi connectivity index (χ1n) is 9.57. The molecule has 3 N–H and O–H groups in total. The fraction of sp³-hybridized carbons (Fsp3) is 0.800. The lowest BCUT2D eigenvalue weighted by atomic mass is 9.89. The molecule has 142 valence electrons. The second-order valence-electron chi connectivity index (χ2n) is 7.02. The van der Waals surface area contributed by atoms with Gasteiger partial charge in [0.2, 0.25) is 0 Å². The Hall–Kier alpha value is -1.38. The summed E-state index contributed by atoms with van der Waals surface area (Å²) >= 11 is 0. The van der Waals surface area contributed by atoms with Crippen LogP contribution in [0.15, 0.2) is 0 Å². The van der Waals surface area contributed by atoms with Crippen molar-refractivity contribution in [2.75, 3.05) is 0 Å². The summed E-state index contributed by atoms with van der Waals surface area (Å²) in [6.07, 6.45) is 6.50. The fourth-order valence-electron chi connectivity index (χ4n) is 3.34. The van der Waals surface area contributed by atoms with E-state index in [4.69, 9.17) is 5.11 Å². The number of carbonyl (C=O) groups is 2. The summed E-state index contributed by atoms with van der Waals surface area (Å²) in [6, 6.07) is 0. The Morgan fingerprint density at radius 1 is 1.20 bits per heavy atom. The molecular weight excluding hydrogens is 320 g/mol. The molecule has 0 aromatic carbocycles. The molecular formula is C20H32O5. The summed E-state index contributed by atoms with van der Waals surface area (Å²) in [5, 5.41) is 28.6. The third-order valence-electron chi connectivity index (χ3n) is 4.83. The van der Waals surface area contributed by atoms with E-state index in [-0.39, 0.29) is 30.5 Å². The number of ketones is 1. The van der Waals surface area contributed by atoms with Gasteiger partial charge in [0.05, 0.1) is 12.0 Å². The Morgan fingerprint density at radius 3 is 2.60 bits per heavy atom. The number of aliphatic carboxylic acids is 1. The molecule has 0 heterocycles. The number of Topliss-reactive ketones (excluding diaryl/α,β-unsaturated/α-hetero) is 1. The van der Waals surface area contributed by atoms with E-state index in [1.54, 1.807) is 0 Å². The van der Waals surface area contributed by atoms with Crippen molar-refractivity contribution >= 4 is 11.8 Å². The summed E-state index contributed by atoms with van der Waals surface area (Å²) < 4.78 is 0. The highest BCUT2D eigenvalue weighted by Crippen LogP contribution is 2.33. The van der Waals surface area contributed by atoms with Gasteiger partial charge < -0.3 is 15.3 Å². The molecule has 0 aromatic heterocycles. The molecule has 0 amide bonds. The minimum absolute atomic E-state index is 0.0535. The highest BCUT2D eigenvalue weighted by atomic mass is 16.4. The quantitative estimate of drug-likeness (QED) is 0.392. The highest BCUT2D eigenvalue weighted by molar-refractivity contribution is 5.84. The Balaban J connectivity index is 2.42. The molecule has 1 saturated carbocycles. The molecule has 1 fully saturated rings. The molecule has 0 saturated heterocycles. The van der Waals surface area contributed by atoms with Gasteiger partial charge in [0.15, 0.2) is 0 Å². The first-order valence-corrected chi connectivity index (χ1v) is 9.57. The third-order valence-corrected chi connectivity index (χ3v) is 4.83. The Kier molecular flexibility index (Phi) is 10.4. The lowest BCUT2D eigenvalue weighted by molar-refractivity contribution is -0.137. The molecule has 1 aliphatic carbocycles. The summed E-state index contributed by atoms with van der Waals surface area (Å²) in [5.41, 5.74) is 0. The van der Waals surface area contributed by atoms with Crippen molar-refractivity contribution in [3.63, 3.8) is 0 Å². The number of carboxylic acid groups (broad SMARTS) is 1. The van der Waals surface area contributed by atoms with Gasteiger partial charge in [0.25, 0.3) is 0 Å². The predicted octanol–water partition coefficient (Wildman–Crippen LogP) is 2.92. The molecule has 0 radical (unpaired) electrons. The summed E-state index contributed by atoms with van der Waals surface area (Å²) in [7, 11) is 0. The number of carboxylic acids is 1. The minimum Gasteiger partial charge on any atom is -0.481 e. The second-order valence-corrected chi connectivity index (χ2v) is 7.02. The number of unbranched alkanes of at least 4 members (excludes halogenated alkanes) is 5. The first kappa shape index (κ1) is 21.7. The monoisotopic (exact) mass is 352 g/mol. The molecule has 25 heavy (non-hydrogen) atoms. The summed E-state index contributed by atoms with van der Waals surface area (Å²) in [4.78, 5) is 22.6. The maximum absolute atomic E-state index is 12.1. The van der Waals surface area contributed by atoms with Crippen molar-refractivity contribution < 1.29 is 24.9 Å². The standard InChI is InChI=1S/C20H32O5/c1-2-3-6-9-15(21)12-13-17-16(18(22)14-19(17)23)10-7-4-5-8-11-20(24)25/h15-17,19,21,23H,2-11,14H2,1H3,(H,24,25)/t15-,16-,17+,19+/m0/s1. The molecule has 0 aliphatic heterocycles. The number of hydrogen-bond donors (Lipinski definition) is 3. The van der Waals surface area contributed by atoms with Crippen LogP contribution in [0.3, 0.4) is 0 Å². The minimum atomic E-state index is -0.776. The van der Waals surface area contributed by atoms with Crippen molar-refractivity contribution in [2.24, 2.45) is 11.8 Å². The van der Waals surface area contributed by atoms with E-state index in [1.165, 1.54) is 0 Å². The van der Waals surface area contributed by atoms with Gasteiger partial charge in [0, 0.05) is 18.8 Å². The van der Waals surface area contributed by atoms with Crippen LogP contribution in [-0.2, 0) is 9.59 Å². The molecule has 0 unspecified atom stereocenters. The van der Waals surface area contributed by atoms with Gasteiger partial charge >= 0.3 is 5.97 Å². The maximum Gasteiger partial charge on any atom is 0.303 e. The number of carbonyl (C=O) groups excluding carboxylic acids is 1. The normalized spacial score (nSPS) is 24.0. The molecule has 0 aromatic rings. The predicted molar refractivity (Wildman–Crippen MR) is 95.9 cm³/mol. The molecule has 1 aliphatic rings. The molecule has 4 atom stereocenters. The Morgan fingerprint density at radius 2 is 1.92 bits per heavy atom. The van der Waals surface area contributed by atoms with Crippen LogP contribution in [0, 0.1) is 23.7 Å². The van der Waals surface area contributed by atoms with Crippen LogP contribution in [0.2, 0.25) is 0 Å². The topological polar surface area (TPSA) is 94.8 Å². The van der Waals surface area contributed by atoms with E-state index in [1.807, 2.05) is 0 Å². The SMILES string of the molecule is CCCCC[C@H](O)C#C[C@H]1[C@H](O)CC(=O)[C@H]1CCCCCCC(=O)O. The molecule has 0 spiro atoms. The number of aliphatic hydroxyl groups excluding tert-OH is 2. The van der Waals surface area contributed by atoms with E-state index in [2.05, 4.69) is 18.8 Å². The number of rotatable bonds is 11. The molecule has 5 nitrogen and oxygen atoms in total. The Bertz CT molecular complexity index is 476. The van der Waals surface area contributed by atoms with Gasteiger partial charge in [-0.2, -0.15) is 0 Å². The van der Waals surface area contributed by atoms with Crippen LogP contribution in [0.4, 0.5) is 0 Å². The van der Waals surface area contributed by atoms with Gasteiger partial charge in [-0.3, -0.25) is 9.59 Å². The maximum atomic E-state index is 12.1. The second kappa shape index (κ2) is 12.1. The zero-order valence-corrected chi connectivity index (χ0v) is 15.2. The van der Waals surface area contributed by atoms with E-state index in [0.29, 0.717) is 19.3 Å². The average molecular weight is 352 g/mol. The van der Waals surface area contributed by atoms with Gasteiger partial charge in [0.1, 0.15) is 11.9 Å². The van der Waals surface area contributed by atoms with Gasteiger partial charge in [-0.15, -0.1) is 0 Å². The van der Waals surface area contributed by atoms with Crippen molar-refractivity contribution in [3.8, 4) is 11.8 Å². The van der Waals surface area contributed by atoms with Crippen molar-refractivity contribution in [1.82, 2.24) is 0 Å². The van der Waals surface area contributed by atoms with Crippen molar-refractivity contribution in [1.29, 1.82) is 0 Å². The molecule has 0 bridgehead atoms. The summed E-state index contributed by atoms with van der Waals surface area (Å²) in [5.74, 6) is 4.41. The van der Waals surface area contributed by atoms with Crippen LogP contribution in [0.5, 0.6) is 0 Å². The van der Waals surface area contributed by atoms with E-state index in [9.17, 15) is 19.8 Å². The van der Waals surface area contributed by atoms with E-state index < -0.39 is 18.2 Å². The van der Waals surface area contributed by atoms with Crippen LogP contribution in [-0.4, -0.2) is 39.3 Å². The van der Waals surface area contributed by atoms with E-state index in [0.717, 1.165) is 38.5 Å². The number of hydrogen-bond acceptors (Lipinski definition) is 4. The smallest absolute Gasteiger partial charge is 0.303 e. The lowest BCUT2D eigenvalue weighted by Crippen LogP contribution is -2.19. The zero-order valence-electron chi connectivity index (χ0n) is 15.2. The summed E-state index contributed by atoms with van der Waals surface area (Å²) in [6.45, 7) is 2.10. The first-order chi connectivity index (χ1) is 12.0. The van der Waals surface area contributed by atoms with Crippen LogP contribution in [0.25, 0.3) is 0 Å². The van der Waals surface area contributed by atoms with Gasteiger partial charge in [-0.1, -0.05) is 50.9 Å². The van der Waals surface area contributed by atoms with Crippen LogP contribution in [0.1, 0.15) is 77.6 Å². The zero-order chi connectivity index (χ0) is 18.7. The molecule has 1 rings (SSSR count). The molecule has 5 heteroatoms. The van der Waals surface area contributed by atoms with Crippen molar-refractivity contribution in [2.45, 2.75) is 89.8 Å². The van der Waals surface area contributed by atoms with Gasteiger partial charge in [-0.25, -0.2) is 0 Å². The van der Waals surface area contributed by atoms with Crippen LogP contribution >= 0.6 is 0 Å². The Labute approximate surface area is 150 Å². The van der Waals surface area contributed by atoms with Crippen LogP contribution < -0.4 is 0 Å². The largest absolute Gasteiger partial charge is 0.481 e. The average Bonchev–Trinajstić information content (AvgIpc) is 2.82.